The lowest BCUT2D eigenvalue weighted by Crippen LogP contribution is -2.10. The molecule has 0 saturated heterocycles. The molecule has 0 aliphatic carbocycles. The molecule has 3 rings (SSSR count). The molecule has 3 aromatic rings. The number of aromatic nitrogens is 4. The standard InChI is InChI=1S/C17H14ClF3N4O2/c1-8-4-12(16(26)27-3)24-15-14(8)23-9(2)25(15)7-13-11(18)5-10(6-22-13)17(19,20)21/h4-6H,7H2,1-3H3. The lowest BCUT2D eigenvalue weighted by molar-refractivity contribution is -0.137. The van der Waals surface area contributed by atoms with Crippen molar-refractivity contribution in [3.8, 4) is 0 Å². The first kappa shape index (κ1) is 19.1. The second kappa shape index (κ2) is 6.80. The largest absolute Gasteiger partial charge is 0.464 e. The summed E-state index contributed by atoms with van der Waals surface area (Å²) in [6.45, 7) is 3.55. The van der Waals surface area contributed by atoms with Crippen molar-refractivity contribution >= 4 is 28.7 Å². The van der Waals surface area contributed by atoms with Crippen LogP contribution in [0.1, 0.15) is 33.1 Å². The molecule has 0 aliphatic heterocycles. The molecule has 0 saturated carbocycles. The van der Waals surface area contributed by atoms with Gasteiger partial charge >= 0.3 is 12.1 Å². The molecule has 0 radical (unpaired) electrons. The molecule has 0 aliphatic rings. The highest BCUT2D eigenvalue weighted by Gasteiger charge is 2.31. The third kappa shape index (κ3) is 3.59. The van der Waals surface area contributed by atoms with E-state index >= 15 is 0 Å². The Morgan fingerprint density at radius 2 is 1.96 bits per heavy atom. The van der Waals surface area contributed by atoms with E-state index in [0.717, 1.165) is 12.3 Å². The second-order valence-corrected chi connectivity index (χ2v) is 6.29. The number of alkyl halides is 3. The molecule has 0 spiro atoms. The molecule has 3 aromatic heterocycles. The molecule has 0 fully saturated rings. The van der Waals surface area contributed by atoms with Crippen LogP contribution in [0.25, 0.3) is 11.2 Å². The predicted octanol–water partition coefficient (Wildman–Crippen LogP) is 3.95. The number of methoxy groups -OCH3 is 1. The summed E-state index contributed by atoms with van der Waals surface area (Å²) < 4.78 is 44.7. The van der Waals surface area contributed by atoms with Crippen molar-refractivity contribution in [2.45, 2.75) is 26.6 Å². The van der Waals surface area contributed by atoms with Gasteiger partial charge in [0, 0.05) is 6.20 Å². The van der Waals surface area contributed by atoms with Crippen molar-refractivity contribution in [1.29, 1.82) is 0 Å². The summed E-state index contributed by atoms with van der Waals surface area (Å²) in [6, 6.07) is 2.39. The Morgan fingerprint density at radius 3 is 2.56 bits per heavy atom. The molecular formula is C17H14ClF3N4O2. The van der Waals surface area contributed by atoms with Crippen LogP contribution in [0.15, 0.2) is 18.3 Å². The number of carbonyl (C=O) groups is 1. The molecule has 0 N–H and O–H groups in total. The average molecular weight is 399 g/mol. The second-order valence-electron chi connectivity index (χ2n) is 5.88. The van der Waals surface area contributed by atoms with Crippen molar-refractivity contribution in [1.82, 2.24) is 19.5 Å². The van der Waals surface area contributed by atoms with Crippen LogP contribution in [0.2, 0.25) is 5.02 Å². The lowest BCUT2D eigenvalue weighted by Gasteiger charge is -2.11. The minimum absolute atomic E-state index is 0.0520. The van der Waals surface area contributed by atoms with E-state index < -0.39 is 17.7 Å². The fourth-order valence-electron chi connectivity index (χ4n) is 2.64. The zero-order chi connectivity index (χ0) is 19.9. The Kier molecular flexibility index (Phi) is 4.81. The molecular weight excluding hydrogens is 385 g/mol. The summed E-state index contributed by atoms with van der Waals surface area (Å²) in [5, 5.41) is -0.119. The van der Waals surface area contributed by atoms with Crippen molar-refractivity contribution in [2.75, 3.05) is 7.11 Å². The van der Waals surface area contributed by atoms with Gasteiger partial charge in [0.2, 0.25) is 0 Å². The Labute approximate surface area is 157 Å². The highest BCUT2D eigenvalue weighted by Crippen LogP contribution is 2.31. The van der Waals surface area contributed by atoms with Gasteiger partial charge in [0.1, 0.15) is 11.3 Å². The SMILES string of the molecule is COC(=O)c1cc(C)c2nc(C)n(Cc3ncc(C(F)(F)F)cc3Cl)c2n1. The van der Waals surface area contributed by atoms with Crippen molar-refractivity contribution < 1.29 is 22.7 Å². The summed E-state index contributed by atoms with van der Waals surface area (Å²) in [5.41, 5.74) is 1.10. The fraction of sp³-hybridized carbons (Fsp3) is 0.294. The number of imidazole rings is 1. The number of hydrogen-bond acceptors (Lipinski definition) is 5. The monoisotopic (exact) mass is 398 g/mol. The number of carbonyl (C=O) groups excluding carboxylic acids is 1. The number of hydrogen-bond donors (Lipinski definition) is 0. The highest BCUT2D eigenvalue weighted by atomic mass is 35.5. The Balaban J connectivity index is 2.08. The number of nitrogens with zero attached hydrogens (tertiary/aromatic N) is 4. The Bertz CT molecular complexity index is 1050. The molecule has 3 heterocycles. The van der Waals surface area contributed by atoms with E-state index in [0.29, 0.717) is 22.6 Å². The van der Waals surface area contributed by atoms with Gasteiger partial charge in [-0.15, -0.1) is 0 Å². The molecule has 27 heavy (non-hydrogen) atoms. The number of halogens is 4. The zero-order valence-electron chi connectivity index (χ0n) is 14.6. The topological polar surface area (TPSA) is 69.9 Å². The lowest BCUT2D eigenvalue weighted by atomic mass is 10.2. The molecule has 0 aromatic carbocycles. The van der Waals surface area contributed by atoms with Crippen LogP contribution >= 0.6 is 11.6 Å². The summed E-state index contributed by atoms with van der Waals surface area (Å²) in [7, 11) is 1.25. The smallest absolute Gasteiger partial charge is 0.417 e. The van der Waals surface area contributed by atoms with Gasteiger partial charge in [-0.1, -0.05) is 11.6 Å². The van der Waals surface area contributed by atoms with Gasteiger partial charge in [-0.05, 0) is 31.5 Å². The molecule has 0 atom stereocenters. The first-order chi connectivity index (χ1) is 12.6. The van der Waals surface area contributed by atoms with Gasteiger partial charge in [0.25, 0.3) is 0 Å². The maximum absolute atomic E-state index is 12.8. The van der Waals surface area contributed by atoms with Gasteiger partial charge in [-0.2, -0.15) is 13.2 Å². The third-order valence-electron chi connectivity index (χ3n) is 4.03. The molecule has 0 unspecified atom stereocenters. The number of rotatable bonds is 3. The van der Waals surface area contributed by atoms with Crippen LogP contribution in [0.5, 0.6) is 0 Å². The first-order valence-electron chi connectivity index (χ1n) is 7.76. The van der Waals surface area contributed by atoms with E-state index in [9.17, 15) is 18.0 Å². The van der Waals surface area contributed by atoms with E-state index in [4.69, 9.17) is 16.3 Å². The number of aryl methyl sites for hydroxylation is 2. The van der Waals surface area contributed by atoms with Crippen LogP contribution < -0.4 is 0 Å². The maximum atomic E-state index is 12.8. The fourth-order valence-corrected chi connectivity index (χ4v) is 2.86. The van der Waals surface area contributed by atoms with Gasteiger partial charge in [0.15, 0.2) is 11.3 Å². The van der Waals surface area contributed by atoms with E-state index in [1.165, 1.54) is 7.11 Å². The number of esters is 1. The van der Waals surface area contributed by atoms with Crippen molar-refractivity contribution in [3.63, 3.8) is 0 Å². The summed E-state index contributed by atoms with van der Waals surface area (Å²) in [6.07, 6.45) is -3.80. The van der Waals surface area contributed by atoms with Gasteiger partial charge in [-0.3, -0.25) is 4.98 Å². The third-order valence-corrected chi connectivity index (χ3v) is 4.36. The van der Waals surface area contributed by atoms with E-state index in [1.807, 2.05) is 0 Å². The van der Waals surface area contributed by atoms with Gasteiger partial charge < -0.3 is 9.30 Å². The van der Waals surface area contributed by atoms with Crippen molar-refractivity contribution in [3.05, 3.63) is 51.7 Å². The Morgan fingerprint density at radius 1 is 1.26 bits per heavy atom. The number of pyridine rings is 2. The average Bonchev–Trinajstić information content (AvgIpc) is 2.91. The van der Waals surface area contributed by atoms with Gasteiger partial charge in [-0.25, -0.2) is 14.8 Å². The minimum Gasteiger partial charge on any atom is -0.464 e. The van der Waals surface area contributed by atoms with E-state index in [-0.39, 0.29) is 23.0 Å². The van der Waals surface area contributed by atoms with Crippen LogP contribution in [-0.2, 0) is 17.5 Å². The molecule has 0 bridgehead atoms. The summed E-state index contributed by atoms with van der Waals surface area (Å²) >= 11 is 6.00. The number of ether oxygens (including phenoxy) is 1. The maximum Gasteiger partial charge on any atom is 0.417 e. The quantitative estimate of drug-likeness (QED) is 0.625. The Hall–Kier alpha value is -2.68. The van der Waals surface area contributed by atoms with Gasteiger partial charge in [0.05, 0.1) is 29.9 Å². The molecule has 142 valence electrons. The van der Waals surface area contributed by atoms with E-state index in [2.05, 4.69) is 15.0 Å². The van der Waals surface area contributed by atoms with Crippen LogP contribution in [-0.4, -0.2) is 32.6 Å². The van der Waals surface area contributed by atoms with Crippen LogP contribution in [0, 0.1) is 13.8 Å². The number of fused-ring (bicyclic) bond motifs is 1. The molecule has 6 nitrogen and oxygen atoms in total. The summed E-state index contributed by atoms with van der Waals surface area (Å²) in [5.74, 6) is -0.0449. The zero-order valence-corrected chi connectivity index (χ0v) is 15.3. The van der Waals surface area contributed by atoms with Crippen molar-refractivity contribution in [2.24, 2.45) is 0 Å². The predicted molar refractivity (Wildman–Crippen MR) is 91.7 cm³/mol. The molecule has 10 heteroatoms. The normalized spacial score (nSPS) is 11.8. The van der Waals surface area contributed by atoms with Crippen LogP contribution in [0.4, 0.5) is 13.2 Å². The summed E-state index contributed by atoms with van der Waals surface area (Å²) in [4.78, 5) is 24.4. The highest BCUT2D eigenvalue weighted by molar-refractivity contribution is 6.31. The molecule has 0 amide bonds. The van der Waals surface area contributed by atoms with E-state index in [1.54, 1.807) is 24.5 Å². The van der Waals surface area contributed by atoms with Crippen LogP contribution in [0.3, 0.4) is 0 Å². The first-order valence-corrected chi connectivity index (χ1v) is 8.14. The minimum atomic E-state index is -4.53.